The van der Waals surface area contributed by atoms with Gasteiger partial charge in [0.15, 0.2) is 0 Å². The lowest BCUT2D eigenvalue weighted by Gasteiger charge is -2.44. The van der Waals surface area contributed by atoms with E-state index in [4.69, 9.17) is 11.6 Å². The first-order chi connectivity index (χ1) is 8.77. The Kier molecular flexibility index (Phi) is 3.94. The molecule has 0 aliphatic carbocycles. The third-order valence-corrected chi connectivity index (χ3v) is 6.01. The Morgan fingerprint density at radius 3 is 2.56 bits per heavy atom. The molecule has 18 heavy (non-hydrogen) atoms. The molecule has 3 rings (SSSR count). The number of halogens is 1. The van der Waals surface area contributed by atoms with Gasteiger partial charge in [0.1, 0.15) is 0 Å². The molecule has 0 atom stereocenters. The fourth-order valence-electron chi connectivity index (χ4n) is 3.28. The first-order valence-electron chi connectivity index (χ1n) is 6.92. The van der Waals surface area contributed by atoms with Crippen molar-refractivity contribution < 1.29 is 0 Å². The molecule has 1 aromatic rings. The molecule has 2 aliphatic rings. The van der Waals surface area contributed by atoms with E-state index in [1.807, 2.05) is 6.07 Å². The molecule has 1 spiro atoms. The second kappa shape index (κ2) is 5.49. The van der Waals surface area contributed by atoms with Crippen molar-refractivity contribution in [1.82, 2.24) is 10.2 Å². The van der Waals surface area contributed by atoms with Crippen molar-refractivity contribution in [1.29, 1.82) is 0 Å². The first-order valence-corrected chi connectivity index (χ1v) is 8.18. The first kappa shape index (κ1) is 12.9. The number of nitrogens with zero attached hydrogens (tertiary/aromatic N) is 1. The largest absolute Gasteiger partial charge is 0.317 e. The fraction of sp³-hybridized carbons (Fsp3) is 0.714. The van der Waals surface area contributed by atoms with E-state index in [9.17, 15) is 0 Å². The van der Waals surface area contributed by atoms with Crippen LogP contribution in [0.1, 0.15) is 30.6 Å². The zero-order valence-electron chi connectivity index (χ0n) is 10.8. The van der Waals surface area contributed by atoms with E-state index < -0.39 is 0 Å². The summed E-state index contributed by atoms with van der Waals surface area (Å²) < 4.78 is 0. The Morgan fingerprint density at radius 2 is 1.94 bits per heavy atom. The van der Waals surface area contributed by atoms with E-state index in [1.54, 1.807) is 11.3 Å². The quantitative estimate of drug-likeness (QED) is 0.896. The SMILES string of the molecule is Clc1ccsc1CN1CCC2(CCNCC2)CC1. The Bertz CT molecular complexity index is 388. The normalized spacial score (nSPS) is 24.5. The molecule has 1 N–H and O–H groups in total. The zero-order valence-corrected chi connectivity index (χ0v) is 12.3. The monoisotopic (exact) mass is 284 g/mol. The van der Waals surface area contributed by atoms with Gasteiger partial charge >= 0.3 is 0 Å². The maximum Gasteiger partial charge on any atom is 0.0558 e. The summed E-state index contributed by atoms with van der Waals surface area (Å²) in [6, 6.07) is 2.01. The van der Waals surface area contributed by atoms with Crippen LogP contribution < -0.4 is 5.32 Å². The lowest BCUT2D eigenvalue weighted by Crippen LogP contribution is -2.45. The molecule has 1 aromatic heterocycles. The fourth-order valence-corrected chi connectivity index (χ4v) is 4.42. The molecular formula is C14H21ClN2S. The van der Waals surface area contributed by atoms with Crippen LogP contribution in [0.25, 0.3) is 0 Å². The van der Waals surface area contributed by atoms with Crippen molar-refractivity contribution in [3.8, 4) is 0 Å². The van der Waals surface area contributed by atoms with Crippen LogP contribution in [0.3, 0.4) is 0 Å². The molecule has 0 aromatic carbocycles. The maximum atomic E-state index is 6.18. The highest BCUT2D eigenvalue weighted by atomic mass is 35.5. The van der Waals surface area contributed by atoms with E-state index in [0.29, 0.717) is 5.41 Å². The van der Waals surface area contributed by atoms with Crippen molar-refractivity contribution in [3.05, 3.63) is 21.3 Å². The van der Waals surface area contributed by atoms with Gasteiger partial charge in [-0.2, -0.15) is 0 Å². The van der Waals surface area contributed by atoms with Crippen molar-refractivity contribution in [2.24, 2.45) is 5.41 Å². The van der Waals surface area contributed by atoms with Crippen LogP contribution in [0.15, 0.2) is 11.4 Å². The Morgan fingerprint density at radius 1 is 1.22 bits per heavy atom. The maximum absolute atomic E-state index is 6.18. The van der Waals surface area contributed by atoms with Gasteiger partial charge in [-0.05, 0) is 68.7 Å². The minimum Gasteiger partial charge on any atom is -0.317 e. The minimum absolute atomic E-state index is 0.654. The second-order valence-corrected chi connectivity index (χ2v) is 7.13. The summed E-state index contributed by atoms with van der Waals surface area (Å²) in [5.41, 5.74) is 0.654. The molecule has 2 nitrogen and oxygen atoms in total. The van der Waals surface area contributed by atoms with Gasteiger partial charge in [0.05, 0.1) is 5.02 Å². The van der Waals surface area contributed by atoms with E-state index in [1.165, 1.54) is 56.7 Å². The van der Waals surface area contributed by atoms with E-state index >= 15 is 0 Å². The molecule has 0 saturated carbocycles. The van der Waals surface area contributed by atoms with Crippen LogP contribution in [0.4, 0.5) is 0 Å². The number of likely N-dealkylation sites (tertiary alicyclic amines) is 1. The average Bonchev–Trinajstić information content (AvgIpc) is 2.79. The number of thiophene rings is 1. The molecule has 0 radical (unpaired) electrons. The summed E-state index contributed by atoms with van der Waals surface area (Å²) in [5, 5.41) is 6.52. The number of piperidine rings is 2. The van der Waals surface area contributed by atoms with Gasteiger partial charge in [-0.1, -0.05) is 11.6 Å². The van der Waals surface area contributed by atoms with Gasteiger partial charge in [0.25, 0.3) is 0 Å². The molecule has 0 bridgehead atoms. The van der Waals surface area contributed by atoms with Gasteiger partial charge in [0, 0.05) is 11.4 Å². The smallest absolute Gasteiger partial charge is 0.0558 e. The molecular weight excluding hydrogens is 264 g/mol. The van der Waals surface area contributed by atoms with Crippen LogP contribution in [0, 0.1) is 5.41 Å². The molecule has 100 valence electrons. The zero-order chi connectivity index (χ0) is 12.4. The van der Waals surface area contributed by atoms with Crippen molar-refractivity contribution in [3.63, 3.8) is 0 Å². The Labute approximate surface area is 118 Å². The van der Waals surface area contributed by atoms with E-state index in [2.05, 4.69) is 15.6 Å². The van der Waals surface area contributed by atoms with Gasteiger partial charge in [0.2, 0.25) is 0 Å². The van der Waals surface area contributed by atoms with Crippen molar-refractivity contribution in [2.45, 2.75) is 32.2 Å². The summed E-state index contributed by atoms with van der Waals surface area (Å²) in [7, 11) is 0. The summed E-state index contributed by atoms with van der Waals surface area (Å²) in [6.07, 6.45) is 5.50. The average molecular weight is 285 g/mol. The van der Waals surface area contributed by atoms with Gasteiger partial charge in [-0.25, -0.2) is 0 Å². The summed E-state index contributed by atoms with van der Waals surface area (Å²) >= 11 is 7.96. The van der Waals surface area contributed by atoms with Gasteiger partial charge < -0.3 is 5.32 Å². The highest BCUT2D eigenvalue weighted by Gasteiger charge is 2.35. The predicted octanol–water partition coefficient (Wildman–Crippen LogP) is 3.37. The predicted molar refractivity (Wildman–Crippen MR) is 78.4 cm³/mol. The molecule has 2 saturated heterocycles. The van der Waals surface area contributed by atoms with Crippen LogP contribution >= 0.6 is 22.9 Å². The third-order valence-electron chi connectivity index (χ3n) is 4.64. The topological polar surface area (TPSA) is 15.3 Å². The second-order valence-electron chi connectivity index (χ2n) is 5.72. The van der Waals surface area contributed by atoms with Crippen molar-refractivity contribution in [2.75, 3.05) is 26.2 Å². The van der Waals surface area contributed by atoms with E-state index in [-0.39, 0.29) is 0 Å². The molecule has 0 unspecified atom stereocenters. The summed E-state index contributed by atoms with van der Waals surface area (Å²) in [5.74, 6) is 0. The number of hydrogen-bond donors (Lipinski definition) is 1. The Hall–Kier alpha value is -0.0900. The lowest BCUT2D eigenvalue weighted by atomic mass is 9.71. The molecule has 2 aliphatic heterocycles. The molecule has 2 fully saturated rings. The Balaban J connectivity index is 1.55. The molecule has 0 amide bonds. The van der Waals surface area contributed by atoms with Gasteiger partial charge in [-0.3, -0.25) is 4.90 Å². The van der Waals surface area contributed by atoms with Crippen LogP contribution in [-0.4, -0.2) is 31.1 Å². The molecule has 4 heteroatoms. The number of hydrogen-bond acceptors (Lipinski definition) is 3. The van der Waals surface area contributed by atoms with Gasteiger partial charge in [-0.15, -0.1) is 11.3 Å². The summed E-state index contributed by atoms with van der Waals surface area (Å²) in [6.45, 7) is 5.97. The van der Waals surface area contributed by atoms with Crippen LogP contribution in [-0.2, 0) is 6.54 Å². The highest BCUT2D eigenvalue weighted by molar-refractivity contribution is 7.10. The number of rotatable bonds is 2. The highest BCUT2D eigenvalue weighted by Crippen LogP contribution is 2.40. The lowest BCUT2D eigenvalue weighted by molar-refractivity contribution is 0.0706. The van der Waals surface area contributed by atoms with Crippen LogP contribution in [0.5, 0.6) is 0 Å². The standard InChI is InChI=1S/C14H21ClN2S/c15-12-1-10-18-13(12)11-17-8-4-14(5-9-17)2-6-16-7-3-14/h1,10,16H,2-9,11H2. The van der Waals surface area contributed by atoms with E-state index in [0.717, 1.165) is 11.6 Å². The van der Waals surface area contributed by atoms with Crippen LogP contribution in [0.2, 0.25) is 5.02 Å². The summed E-state index contributed by atoms with van der Waals surface area (Å²) in [4.78, 5) is 3.91. The third kappa shape index (κ3) is 2.74. The minimum atomic E-state index is 0.654. The molecule has 3 heterocycles. The number of nitrogens with one attached hydrogen (secondary N) is 1. The van der Waals surface area contributed by atoms with Crippen molar-refractivity contribution >= 4 is 22.9 Å².